The Bertz CT molecular complexity index is 1040. The highest BCUT2D eigenvalue weighted by molar-refractivity contribution is 9.10. The highest BCUT2D eigenvalue weighted by Crippen LogP contribution is 2.35. The number of carbonyl (C=O) groups excluding carboxylic acids is 3. The Morgan fingerprint density at radius 1 is 1.03 bits per heavy atom. The predicted octanol–water partition coefficient (Wildman–Crippen LogP) is 4.30. The molecule has 5 nitrogen and oxygen atoms in total. The lowest BCUT2D eigenvalue weighted by atomic mass is 9.85. The van der Waals surface area contributed by atoms with Crippen molar-refractivity contribution in [3.8, 4) is 5.69 Å². The van der Waals surface area contributed by atoms with E-state index < -0.39 is 0 Å². The molecule has 0 radical (unpaired) electrons. The van der Waals surface area contributed by atoms with Crippen molar-refractivity contribution in [3.63, 3.8) is 0 Å². The number of halogens is 1. The van der Waals surface area contributed by atoms with Gasteiger partial charge in [0.25, 0.3) is 0 Å². The van der Waals surface area contributed by atoms with E-state index in [1.807, 2.05) is 55.7 Å². The molecule has 2 aliphatic rings. The summed E-state index contributed by atoms with van der Waals surface area (Å²) in [5, 5.41) is 0. The zero-order valence-corrected chi connectivity index (χ0v) is 18.3. The third-order valence-electron chi connectivity index (χ3n) is 6.03. The first-order chi connectivity index (χ1) is 13.8. The predicted molar refractivity (Wildman–Crippen MR) is 114 cm³/mol. The summed E-state index contributed by atoms with van der Waals surface area (Å²) < 4.78 is 3.06. The molecule has 0 saturated carbocycles. The van der Waals surface area contributed by atoms with Crippen LogP contribution in [0.2, 0.25) is 0 Å². The number of rotatable bonds is 4. The number of aryl methyl sites for hydroxylation is 2. The lowest BCUT2D eigenvalue weighted by Gasteiger charge is -2.14. The smallest absolute Gasteiger partial charge is 0.233 e. The highest BCUT2D eigenvalue weighted by Gasteiger charge is 2.47. The number of likely N-dealkylation sites (tertiary alicyclic amines) is 1. The number of ketones is 1. The Labute approximate surface area is 178 Å². The number of amides is 2. The fourth-order valence-electron chi connectivity index (χ4n) is 4.46. The molecule has 4 rings (SSSR count). The molecular weight excluding hydrogens is 432 g/mol. The van der Waals surface area contributed by atoms with Crippen LogP contribution in [0.5, 0.6) is 0 Å². The van der Waals surface area contributed by atoms with E-state index in [4.69, 9.17) is 0 Å². The number of imide groups is 1. The molecule has 2 amide bonds. The molecule has 1 aromatic carbocycles. The summed E-state index contributed by atoms with van der Waals surface area (Å²) in [5.41, 5.74) is 4.38. The van der Waals surface area contributed by atoms with Gasteiger partial charge in [-0.25, -0.2) is 0 Å². The fourth-order valence-corrected chi connectivity index (χ4v) is 4.71. The molecule has 150 valence electrons. The number of hydrogen-bond donors (Lipinski definition) is 0. The number of fused-ring (bicyclic) bond motifs is 1. The van der Waals surface area contributed by atoms with Crippen molar-refractivity contribution >= 4 is 33.5 Å². The van der Waals surface area contributed by atoms with Crippen LogP contribution in [0.3, 0.4) is 0 Å². The number of benzene rings is 1. The van der Waals surface area contributed by atoms with Gasteiger partial charge in [-0.15, -0.1) is 0 Å². The van der Waals surface area contributed by atoms with Crippen LogP contribution in [-0.2, 0) is 9.59 Å². The minimum Gasteiger partial charge on any atom is -0.318 e. The summed E-state index contributed by atoms with van der Waals surface area (Å²) in [6, 6.07) is 7.89. The van der Waals surface area contributed by atoms with Gasteiger partial charge in [-0.3, -0.25) is 19.3 Å². The van der Waals surface area contributed by atoms with Gasteiger partial charge in [0, 0.05) is 27.1 Å². The number of nitrogens with zero attached hydrogens (tertiary/aromatic N) is 2. The summed E-state index contributed by atoms with van der Waals surface area (Å²) in [6.07, 6.45) is 5.06. The second kappa shape index (κ2) is 7.41. The van der Waals surface area contributed by atoms with Gasteiger partial charge in [0.1, 0.15) is 0 Å². The monoisotopic (exact) mass is 454 g/mol. The topological polar surface area (TPSA) is 59.4 Å². The first kappa shape index (κ1) is 19.8. The Morgan fingerprint density at radius 2 is 1.66 bits per heavy atom. The van der Waals surface area contributed by atoms with Gasteiger partial charge < -0.3 is 4.57 Å². The fraction of sp³-hybridized carbons (Fsp3) is 0.348. The number of carbonyl (C=O) groups is 3. The highest BCUT2D eigenvalue weighted by atomic mass is 79.9. The zero-order valence-electron chi connectivity index (χ0n) is 16.7. The number of hydrogen-bond acceptors (Lipinski definition) is 3. The second-order valence-electron chi connectivity index (χ2n) is 7.90. The number of aromatic nitrogens is 1. The average Bonchev–Trinajstić information content (AvgIpc) is 3.13. The molecule has 0 bridgehead atoms. The summed E-state index contributed by atoms with van der Waals surface area (Å²) in [5.74, 6) is -1.24. The standard InChI is InChI=1S/C23H23BrN2O3/c1-13-10-16(8-9-20(13)24)26-14(2)11-19(15(26)3)21(27)12-25-22(28)17-6-4-5-7-18(17)23(25)29/h4-5,8-11,17-18H,6-7,12H2,1-3H3/t17-,18-/m1/s1. The molecule has 1 fully saturated rings. The summed E-state index contributed by atoms with van der Waals surface area (Å²) in [7, 11) is 0. The molecule has 2 heterocycles. The van der Waals surface area contributed by atoms with Crippen molar-refractivity contribution in [2.24, 2.45) is 11.8 Å². The van der Waals surface area contributed by atoms with E-state index in [2.05, 4.69) is 22.0 Å². The van der Waals surface area contributed by atoms with Crippen LogP contribution < -0.4 is 0 Å². The van der Waals surface area contributed by atoms with Gasteiger partial charge in [-0.2, -0.15) is 0 Å². The van der Waals surface area contributed by atoms with E-state index in [0.29, 0.717) is 18.4 Å². The molecule has 1 aromatic heterocycles. The van der Waals surface area contributed by atoms with E-state index in [1.54, 1.807) is 0 Å². The lowest BCUT2D eigenvalue weighted by molar-refractivity contribution is -0.139. The zero-order chi connectivity index (χ0) is 20.9. The molecule has 6 heteroatoms. The van der Waals surface area contributed by atoms with Crippen LogP contribution >= 0.6 is 15.9 Å². The Hall–Kier alpha value is -2.47. The minimum atomic E-state index is -0.307. The van der Waals surface area contributed by atoms with Crippen molar-refractivity contribution in [1.82, 2.24) is 9.47 Å². The average molecular weight is 455 g/mol. The van der Waals surface area contributed by atoms with E-state index in [0.717, 1.165) is 27.1 Å². The third-order valence-corrected chi connectivity index (χ3v) is 6.92. The van der Waals surface area contributed by atoms with Gasteiger partial charge in [-0.05, 0) is 63.4 Å². The maximum Gasteiger partial charge on any atom is 0.233 e. The van der Waals surface area contributed by atoms with Crippen molar-refractivity contribution in [1.29, 1.82) is 0 Å². The minimum absolute atomic E-state index is 0.186. The largest absolute Gasteiger partial charge is 0.318 e. The maximum absolute atomic E-state index is 13.1. The lowest BCUT2D eigenvalue weighted by Crippen LogP contribution is -2.36. The molecule has 0 spiro atoms. The summed E-state index contributed by atoms with van der Waals surface area (Å²) in [6.45, 7) is 5.68. The first-order valence-electron chi connectivity index (χ1n) is 9.78. The van der Waals surface area contributed by atoms with E-state index >= 15 is 0 Å². The Morgan fingerprint density at radius 3 is 2.24 bits per heavy atom. The van der Waals surface area contributed by atoms with Crippen LogP contribution in [0, 0.1) is 32.6 Å². The normalized spacial score (nSPS) is 21.0. The van der Waals surface area contributed by atoms with Crippen molar-refractivity contribution in [2.75, 3.05) is 6.54 Å². The molecular formula is C23H23BrN2O3. The summed E-state index contributed by atoms with van der Waals surface area (Å²) >= 11 is 3.52. The van der Waals surface area contributed by atoms with Crippen molar-refractivity contribution < 1.29 is 14.4 Å². The van der Waals surface area contributed by atoms with Crippen LogP contribution in [0.4, 0.5) is 0 Å². The van der Waals surface area contributed by atoms with Gasteiger partial charge in [0.05, 0.1) is 18.4 Å². The maximum atomic E-state index is 13.1. The van der Waals surface area contributed by atoms with Gasteiger partial charge in [0.2, 0.25) is 11.8 Å². The second-order valence-corrected chi connectivity index (χ2v) is 8.75. The van der Waals surface area contributed by atoms with Gasteiger partial charge in [0.15, 0.2) is 5.78 Å². The van der Waals surface area contributed by atoms with Crippen LogP contribution in [-0.4, -0.2) is 33.6 Å². The van der Waals surface area contributed by atoms with Crippen molar-refractivity contribution in [2.45, 2.75) is 33.6 Å². The van der Waals surface area contributed by atoms with Gasteiger partial charge in [-0.1, -0.05) is 28.1 Å². The first-order valence-corrected chi connectivity index (χ1v) is 10.6. The van der Waals surface area contributed by atoms with Crippen molar-refractivity contribution in [3.05, 3.63) is 63.4 Å². The molecule has 2 atom stereocenters. The van der Waals surface area contributed by atoms with E-state index in [1.165, 1.54) is 4.90 Å². The molecule has 1 saturated heterocycles. The molecule has 0 unspecified atom stereocenters. The molecule has 2 aromatic rings. The molecule has 1 aliphatic heterocycles. The molecule has 29 heavy (non-hydrogen) atoms. The quantitative estimate of drug-likeness (QED) is 0.393. The van der Waals surface area contributed by atoms with E-state index in [-0.39, 0.29) is 36.0 Å². The number of Topliss-reactive ketones (excluding diaryl/α,β-unsaturated/α-hetero) is 1. The van der Waals surface area contributed by atoms with Gasteiger partial charge >= 0.3 is 0 Å². The Kier molecular flexibility index (Phi) is 5.07. The SMILES string of the molecule is Cc1cc(-n2c(C)cc(C(=O)CN3C(=O)[C@@H]4CC=CC[C@H]4C3=O)c2C)ccc1Br. The van der Waals surface area contributed by atoms with Crippen LogP contribution in [0.25, 0.3) is 5.69 Å². The number of allylic oxidation sites excluding steroid dienone is 2. The van der Waals surface area contributed by atoms with Crippen LogP contribution in [0.1, 0.15) is 40.2 Å². The van der Waals surface area contributed by atoms with E-state index in [9.17, 15) is 14.4 Å². The molecule has 0 N–H and O–H groups in total. The molecule has 1 aliphatic carbocycles. The third kappa shape index (κ3) is 3.29. The van der Waals surface area contributed by atoms with Crippen LogP contribution in [0.15, 0.2) is 40.9 Å². The summed E-state index contributed by atoms with van der Waals surface area (Å²) in [4.78, 5) is 39.6. The Balaban J connectivity index is 1.61.